The van der Waals surface area contributed by atoms with Gasteiger partial charge in [-0.05, 0) is 30.3 Å². The summed E-state index contributed by atoms with van der Waals surface area (Å²) in [5.74, 6) is -0.506. The van der Waals surface area contributed by atoms with E-state index in [0.717, 1.165) is 5.69 Å². The lowest BCUT2D eigenvalue weighted by Crippen LogP contribution is -2.66. The molecule has 0 bridgehead atoms. The normalized spacial score (nSPS) is 21.4. The molecule has 1 N–H and O–H groups in total. The SMILES string of the molecule is O=C1NCC(=O)N2CCN(S(=O)(=O)c3ccc(-n4cccn4)cc3)C[C@H]12. The average molecular weight is 375 g/mol. The molecular formula is C16H17N5O4S. The summed E-state index contributed by atoms with van der Waals surface area (Å²) in [4.78, 5) is 25.5. The van der Waals surface area contributed by atoms with Crippen LogP contribution in [0, 0.1) is 0 Å². The number of fused-ring (bicyclic) bond motifs is 1. The van der Waals surface area contributed by atoms with Crippen LogP contribution in [0.1, 0.15) is 0 Å². The molecule has 1 aromatic heterocycles. The maximum atomic E-state index is 12.9. The van der Waals surface area contributed by atoms with Crippen LogP contribution in [0.25, 0.3) is 5.69 Å². The van der Waals surface area contributed by atoms with Gasteiger partial charge in [0.15, 0.2) is 0 Å². The molecule has 0 radical (unpaired) electrons. The lowest BCUT2D eigenvalue weighted by atomic mass is 10.1. The van der Waals surface area contributed by atoms with Gasteiger partial charge in [0.1, 0.15) is 6.04 Å². The first-order valence-corrected chi connectivity index (χ1v) is 9.58. The first-order chi connectivity index (χ1) is 12.5. The number of amides is 2. The number of benzene rings is 1. The second kappa shape index (κ2) is 6.22. The van der Waals surface area contributed by atoms with Crippen molar-refractivity contribution in [3.05, 3.63) is 42.7 Å². The van der Waals surface area contributed by atoms with Crippen molar-refractivity contribution in [2.45, 2.75) is 10.9 Å². The van der Waals surface area contributed by atoms with E-state index < -0.39 is 16.1 Å². The van der Waals surface area contributed by atoms with Crippen molar-refractivity contribution in [3.8, 4) is 5.69 Å². The summed E-state index contributed by atoms with van der Waals surface area (Å²) in [6.07, 6.45) is 3.40. The maximum Gasteiger partial charge on any atom is 0.244 e. The van der Waals surface area contributed by atoms with Crippen molar-refractivity contribution in [2.75, 3.05) is 26.2 Å². The fourth-order valence-corrected chi connectivity index (χ4v) is 4.66. The quantitative estimate of drug-likeness (QED) is 0.757. The zero-order valence-electron chi connectivity index (χ0n) is 13.8. The number of nitrogens with zero attached hydrogens (tertiary/aromatic N) is 4. The van der Waals surface area contributed by atoms with E-state index in [4.69, 9.17) is 0 Å². The van der Waals surface area contributed by atoms with Gasteiger partial charge in [-0.1, -0.05) is 0 Å². The molecule has 2 amide bonds. The molecule has 3 heterocycles. The number of rotatable bonds is 3. The number of hydrogen-bond donors (Lipinski definition) is 1. The highest BCUT2D eigenvalue weighted by atomic mass is 32.2. The van der Waals surface area contributed by atoms with Gasteiger partial charge in [-0.3, -0.25) is 9.59 Å². The van der Waals surface area contributed by atoms with Gasteiger partial charge in [0.25, 0.3) is 0 Å². The van der Waals surface area contributed by atoms with E-state index in [2.05, 4.69) is 10.4 Å². The molecular weight excluding hydrogens is 358 g/mol. The fraction of sp³-hybridized carbons (Fsp3) is 0.312. The molecule has 4 rings (SSSR count). The Balaban J connectivity index is 1.57. The third-order valence-electron chi connectivity index (χ3n) is 4.62. The third-order valence-corrected chi connectivity index (χ3v) is 6.50. The molecule has 0 saturated carbocycles. The number of piperazine rings is 2. The van der Waals surface area contributed by atoms with Crippen LogP contribution in [0.4, 0.5) is 0 Å². The predicted molar refractivity (Wildman–Crippen MR) is 90.8 cm³/mol. The molecule has 0 spiro atoms. The maximum absolute atomic E-state index is 12.9. The fourth-order valence-electron chi connectivity index (χ4n) is 3.22. The molecule has 9 nitrogen and oxygen atoms in total. The van der Waals surface area contributed by atoms with E-state index in [-0.39, 0.29) is 42.9 Å². The number of carbonyl (C=O) groups is 2. The monoisotopic (exact) mass is 375 g/mol. The molecule has 10 heteroatoms. The zero-order valence-corrected chi connectivity index (χ0v) is 14.6. The second-order valence-electron chi connectivity index (χ2n) is 6.13. The number of sulfonamides is 1. The van der Waals surface area contributed by atoms with Gasteiger partial charge in [-0.2, -0.15) is 9.40 Å². The van der Waals surface area contributed by atoms with Crippen LogP contribution < -0.4 is 5.32 Å². The molecule has 136 valence electrons. The number of carbonyl (C=O) groups excluding carboxylic acids is 2. The Morgan fingerprint density at radius 1 is 1.12 bits per heavy atom. The molecule has 2 aliphatic heterocycles. The Hall–Kier alpha value is -2.72. The summed E-state index contributed by atoms with van der Waals surface area (Å²) in [5, 5.41) is 6.61. The highest BCUT2D eigenvalue weighted by Gasteiger charge is 2.42. The van der Waals surface area contributed by atoms with Crippen LogP contribution in [0.2, 0.25) is 0 Å². The van der Waals surface area contributed by atoms with Gasteiger partial charge < -0.3 is 10.2 Å². The van der Waals surface area contributed by atoms with Crippen LogP contribution in [0.15, 0.2) is 47.6 Å². The largest absolute Gasteiger partial charge is 0.345 e. The molecule has 2 saturated heterocycles. The number of hydrogen-bond acceptors (Lipinski definition) is 5. The predicted octanol–water partition coefficient (Wildman–Crippen LogP) is -0.796. The lowest BCUT2D eigenvalue weighted by Gasteiger charge is -2.42. The third kappa shape index (κ3) is 2.76. The first kappa shape index (κ1) is 16.7. The van der Waals surface area contributed by atoms with Gasteiger partial charge in [0.2, 0.25) is 21.8 Å². The van der Waals surface area contributed by atoms with Crippen molar-refractivity contribution >= 4 is 21.8 Å². The van der Waals surface area contributed by atoms with E-state index in [1.165, 1.54) is 21.3 Å². The number of nitrogens with one attached hydrogen (secondary N) is 1. The first-order valence-electron chi connectivity index (χ1n) is 8.14. The van der Waals surface area contributed by atoms with Crippen molar-refractivity contribution < 1.29 is 18.0 Å². The van der Waals surface area contributed by atoms with Gasteiger partial charge in [0.05, 0.1) is 17.1 Å². The number of aromatic nitrogens is 2. The van der Waals surface area contributed by atoms with Crippen molar-refractivity contribution in [3.63, 3.8) is 0 Å². The van der Waals surface area contributed by atoms with Crippen LogP contribution in [0.3, 0.4) is 0 Å². The van der Waals surface area contributed by atoms with E-state index in [9.17, 15) is 18.0 Å². The van der Waals surface area contributed by atoms with Gasteiger partial charge in [-0.15, -0.1) is 0 Å². The van der Waals surface area contributed by atoms with Crippen molar-refractivity contribution in [2.24, 2.45) is 0 Å². The molecule has 2 fully saturated rings. The summed E-state index contributed by atoms with van der Waals surface area (Å²) < 4.78 is 28.7. The zero-order chi connectivity index (χ0) is 18.3. The molecule has 0 unspecified atom stereocenters. The van der Waals surface area contributed by atoms with Crippen LogP contribution >= 0.6 is 0 Å². The molecule has 1 atom stereocenters. The standard InChI is InChI=1S/C16H17N5O4S/c22-15-10-17-16(23)14-11-19(8-9-20(14)15)26(24,25)13-4-2-12(3-5-13)21-7-1-6-18-21/h1-7,14H,8-11H2,(H,17,23)/t14-/m1/s1. The Morgan fingerprint density at radius 2 is 1.88 bits per heavy atom. The van der Waals surface area contributed by atoms with E-state index in [1.54, 1.807) is 35.3 Å². The van der Waals surface area contributed by atoms with Crippen molar-refractivity contribution in [1.29, 1.82) is 0 Å². The van der Waals surface area contributed by atoms with Crippen LogP contribution in [-0.4, -0.2) is 71.4 Å². The van der Waals surface area contributed by atoms with Gasteiger partial charge in [0, 0.05) is 32.0 Å². The van der Waals surface area contributed by atoms with E-state index in [1.807, 2.05) is 0 Å². The molecule has 2 aliphatic rings. The topological polar surface area (TPSA) is 105 Å². The highest BCUT2D eigenvalue weighted by Crippen LogP contribution is 2.22. The Morgan fingerprint density at radius 3 is 2.58 bits per heavy atom. The summed E-state index contributed by atoms with van der Waals surface area (Å²) in [6.45, 7) is 0.304. The summed E-state index contributed by atoms with van der Waals surface area (Å²) in [5.41, 5.74) is 0.746. The average Bonchev–Trinajstić information content (AvgIpc) is 3.19. The van der Waals surface area contributed by atoms with Gasteiger partial charge in [-0.25, -0.2) is 13.1 Å². The highest BCUT2D eigenvalue weighted by molar-refractivity contribution is 7.89. The molecule has 0 aliphatic carbocycles. The van der Waals surface area contributed by atoms with Crippen LogP contribution in [-0.2, 0) is 19.6 Å². The summed E-state index contributed by atoms with van der Waals surface area (Å²) in [7, 11) is -3.75. The lowest BCUT2D eigenvalue weighted by molar-refractivity contribution is -0.147. The Kier molecular flexibility index (Phi) is 4.00. The summed E-state index contributed by atoms with van der Waals surface area (Å²) >= 11 is 0. The molecule has 1 aromatic carbocycles. The van der Waals surface area contributed by atoms with Crippen molar-refractivity contribution in [1.82, 2.24) is 24.3 Å². The molecule has 26 heavy (non-hydrogen) atoms. The second-order valence-corrected chi connectivity index (χ2v) is 8.07. The van der Waals surface area contributed by atoms with Gasteiger partial charge >= 0.3 is 0 Å². The molecule has 2 aromatic rings. The Bertz CT molecular complexity index is 940. The van der Waals surface area contributed by atoms with E-state index >= 15 is 0 Å². The minimum absolute atomic E-state index is 0.0308. The minimum Gasteiger partial charge on any atom is -0.345 e. The Labute approximate surface area is 150 Å². The smallest absolute Gasteiger partial charge is 0.244 e. The summed E-state index contributed by atoms with van der Waals surface area (Å²) in [6, 6.07) is 7.39. The van der Waals surface area contributed by atoms with E-state index in [0.29, 0.717) is 0 Å². The minimum atomic E-state index is -3.75. The van der Waals surface area contributed by atoms with Crippen LogP contribution in [0.5, 0.6) is 0 Å².